The second-order valence-corrected chi connectivity index (χ2v) is 5.77. The smallest absolute Gasteiger partial charge is 0.219 e. The zero-order valence-corrected chi connectivity index (χ0v) is 12.5. The summed E-state index contributed by atoms with van der Waals surface area (Å²) in [6, 6.07) is 0. The van der Waals surface area contributed by atoms with Crippen LogP contribution in [0, 0.1) is 0 Å². The number of fused-ring (bicyclic) bond motifs is 1. The molecule has 1 aliphatic heterocycles. The highest BCUT2D eigenvalue weighted by atomic mass is 15.1. The Kier molecular flexibility index (Phi) is 3.79. The molecule has 0 spiro atoms. The molecular weight excluding hydrogens is 264 g/mol. The fraction of sp³-hybridized carbons (Fsp3) is 0.467. The average Bonchev–Trinajstić information content (AvgIpc) is 2.49. The van der Waals surface area contributed by atoms with Gasteiger partial charge >= 0.3 is 0 Å². The van der Waals surface area contributed by atoms with Crippen molar-refractivity contribution in [2.24, 2.45) is 0 Å². The van der Waals surface area contributed by atoms with Gasteiger partial charge in [-0.1, -0.05) is 13.8 Å². The van der Waals surface area contributed by atoms with Crippen molar-refractivity contribution in [1.82, 2.24) is 24.8 Å². The molecule has 6 heteroatoms. The van der Waals surface area contributed by atoms with Crippen LogP contribution in [0.2, 0.25) is 0 Å². The number of aromatic nitrogens is 4. The van der Waals surface area contributed by atoms with Gasteiger partial charge < -0.3 is 5.73 Å². The lowest BCUT2D eigenvalue weighted by atomic mass is 10.1. The predicted octanol–water partition coefficient (Wildman–Crippen LogP) is 1.53. The summed E-state index contributed by atoms with van der Waals surface area (Å²) in [5.74, 6) is 1.63. The van der Waals surface area contributed by atoms with E-state index in [-0.39, 0.29) is 0 Å². The molecule has 2 aromatic rings. The molecule has 0 atom stereocenters. The molecular formula is C15H20N6. The molecule has 1 aliphatic rings. The van der Waals surface area contributed by atoms with Crippen LogP contribution in [-0.2, 0) is 19.5 Å². The highest BCUT2D eigenvalue weighted by Crippen LogP contribution is 2.20. The molecule has 0 saturated heterocycles. The Balaban J connectivity index is 1.71. The third-order valence-corrected chi connectivity index (χ3v) is 3.68. The number of hydrogen-bond donors (Lipinski definition) is 1. The number of rotatable bonds is 3. The first-order chi connectivity index (χ1) is 10.1. The molecule has 0 fully saturated rings. The van der Waals surface area contributed by atoms with Crippen molar-refractivity contribution in [2.45, 2.75) is 39.3 Å². The summed E-state index contributed by atoms with van der Waals surface area (Å²) in [5, 5.41) is 0. The Labute approximate surface area is 124 Å². The van der Waals surface area contributed by atoms with Gasteiger partial charge in [0.1, 0.15) is 5.82 Å². The van der Waals surface area contributed by atoms with E-state index in [0.29, 0.717) is 11.9 Å². The van der Waals surface area contributed by atoms with Crippen molar-refractivity contribution in [2.75, 3.05) is 12.3 Å². The highest BCUT2D eigenvalue weighted by molar-refractivity contribution is 5.22. The van der Waals surface area contributed by atoms with Gasteiger partial charge in [0, 0.05) is 67.4 Å². The average molecular weight is 284 g/mol. The molecule has 0 saturated carbocycles. The summed E-state index contributed by atoms with van der Waals surface area (Å²) >= 11 is 0. The summed E-state index contributed by atoms with van der Waals surface area (Å²) < 4.78 is 0. The van der Waals surface area contributed by atoms with Crippen LogP contribution in [0.25, 0.3) is 0 Å². The van der Waals surface area contributed by atoms with Gasteiger partial charge in [-0.05, 0) is 0 Å². The molecule has 2 aromatic heterocycles. The monoisotopic (exact) mass is 284 g/mol. The van der Waals surface area contributed by atoms with Gasteiger partial charge in [-0.2, -0.15) is 0 Å². The summed E-state index contributed by atoms with van der Waals surface area (Å²) in [4.78, 5) is 19.6. The maximum absolute atomic E-state index is 5.51. The molecule has 0 aromatic carbocycles. The lowest BCUT2D eigenvalue weighted by Crippen LogP contribution is -2.31. The zero-order valence-electron chi connectivity index (χ0n) is 12.5. The van der Waals surface area contributed by atoms with Crippen LogP contribution >= 0.6 is 0 Å². The van der Waals surface area contributed by atoms with E-state index in [1.807, 2.05) is 6.20 Å². The lowest BCUT2D eigenvalue weighted by Gasteiger charge is -2.28. The summed E-state index contributed by atoms with van der Waals surface area (Å²) in [6.07, 6.45) is 6.52. The molecule has 0 unspecified atom stereocenters. The Hall–Kier alpha value is -2.08. The SMILES string of the molecule is CC(C)c1ncc2c(n1)CCN(Cc1cnc(N)nc1)C2. The van der Waals surface area contributed by atoms with Gasteiger partial charge in [-0.15, -0.1) is 0 Å². The first kappa shape index (κ1) is 13.9. The van der Waals surface area contributed by atoms with E-state index in [9.17, 15) is 0 Å². The van der Waals surface area contributed by atoms with Gasteiger partial charge in [0.2, 0.25) is 5.95 Å². The third-order valence-electron chi connectivity index (χ3n) is 3.68. The minimum atomic E-state index is 0.317. The number of nitrogens with zero attached hydrogens (tertiary/aromatic N) is 5. The van der Waals surface area contributed by atoms with Gasteiger partial charge in [0.15, 0.2) is 0 Å². The summed E-state index contributed by atoms with van der Waals surface area (Å²) in [6.45, 7) is 6.94. The van der Waals surface area contributed by atoms with E-state index in [4.69, 9.17) is 5.73 Å². The Morgan fingerprint density at radius 3 is 2.67 bits per heavy atom. The van der Waals surface area contributed by atoms with Crippen molar-refractivity contribution >= 4 is 5.95 Å². The fourth-order valence-electron chi connectivity index (χ4n) is 2.51. The van der Waals surface area contributed by atoms with Gasteiger partial charge in [-0.25, -0.2) is 19.9 Å². The first-order valence-electron chi connectivity index (χ1n) is 7.25. The lowest BCUT2D eigenvalue weighted by molar-refractivity contribution is 0.242. The van der Waals surface area contributed by atoms with Crippen molar-refractivity contribution in [3.05, 3.63) is 41.2 Å². The topological polar surface area (TPSA) is 80.8 Å². The van der Waals surface area contributed by atoms with E-state index in [0.717, 1.165) is 37.4 Å². The number of nitrogens with two attached hydrogens (primary N) is 1. The normalized spacial score (nSPS) is 15.2. The third kappa shape index (κ3) is 3.16. The number of anilines is 1. The summed E-state index contributed by atoms with van der Waals surface area (Å²) in [5.41, 5.74) is 9.00. The van der Waals surface area contributed by atoms with Gasteiger partial charge in [0.05, 0.1) is 0 Å². The Morgan fingerprint density at radius 2 is 1.95 bits per heavy atom. The molecule has 3 rings (SSSR count). The Morgan fingerprint density at radius 1 is 1.19 bits per heavy atom. The van der Waals surface area contributed by atoms with Crippen LogP contribution in [0.1, 0.15) is 42.4 Å². The molecule has 110 valence electrons. The van der Waals surface area contributed by atoms with E-state index >= 15 is 0 Å². The minimum absolute atomic E-state index is 0.317. The quantitative estimate of drug-likeness (QED) is 0.920. The predicted molar refractivity (Wildman–Crippen MR) is 80.4 cm³/mol. The maximum atomic E-state index is 5.51. The van der Waals surface area contributed by atoms with Crippen LogP contribution in [0.5, 0.6) is 0 Å². The second kappa shape index (κ2) is 5.73. The highest BCUT2D eigenvalue weighted by Gasteiger charge is 2.19. The fourth-order valence-corrected chi connectivity index (χ4v) is 2.51. The molecule has 0 radical (unpaired) electrons. The maximum Gasteiger partial charge on any atom is 0.219 e. The number of nitrogen functional groups attached to an aromatic ring is 1. The largest absolute Gasteiger partial charge is 0.368 e. The van der Waals surface area contributed by atoms with Crippen LogP contribution in [0.15, 0.2) is 18.6 Å². The standard InChI is InChI=1S/C15H20N6/c1-10(2)14-17-7-12-9-21(4-3-13(12)20-14)8-11-5-18-15(16)19-6-11/h5-7,10H,3-4,8-9H2,1-2H3,(H2,16,18,19). The van der Waals surface area contributed by atoms with Crippen LogP contribution in [0.4, 0.5) is 5.95 Å². The van der Waals surface area contributed by atoms with E-state index in [2.05, 4.69) is 38.7 Å². The van der Waals surface area contributed by atoms with Gasteiger partial charge in [0.25, 0.3) is 0 Å². The number of hydrogen-bond acceptors (Lipinski definition) is 6. The Bertz CT molecular complexity index is 623. The molecule has 21 heavy (non-hydrogen) atoms. The zero-order chi connectivity index (χ0) is 14.8. The summed E-state index contributed by atoms with van der Waals surface area (Å²) in [7, 11) is 0. The molecule has 0 aliphatic carbocycles. The van der Waals surface area contributed by atoms with Gasteiger partial charge in [-0.3, -0.25) is 4.90 Å². The van der Waals surface area contributed by atoms with Crippen LogP contribution < -0.4 is 5.73 Å². The van der Waals surface area contributed by atoms with Crippen molar-refractivity contribution in [3.63, 3.8) is 0 Å². The van der Waals surface area contributed by atoms with Crippen molar-refractivity contribution in [1.29, 1.82) is 0 Å². The minimum Gasteiger partial charge on any atom is -0.368 e. The molecule has 6 nitrogen and oxygen atoms in total. The molecule has 0 amide bonds. The molecule has 3 heterocycles. The second-order valence-electron chi connectivity index (χ2n) is 5.77. The van der Waals surface area contributed by atoms with Crippen molar-refractivity contribution in [3.8, 4) is 0 Å². The van der Waals surface area contributed by atoms with Crippen LogP contribution in [-0.4, -0.2) is 31.4 Å². The van der Waals surface area contributed by atoms with E-state index < -0.39 is 0 Å². The molecule has 0 bridgehead atoms. The first-order valence-corrected chi connectivity index (χ1v) is 7.25. The molecule has 2 N–H and O–H groups in total. The van der Waals surface area contributed by atoms with E-state index in [1.165, 1.54) is 11.3 Å². The van der Waals surface area contributed by atoms with Crippen molar-refractivity contribution < 1.29 is 0 Å². The van der Waals surface area contributed by atoms with Crippen LogP contribution in [0.3, 0.4) is 0 Å². The van der Waals surface area contributed by atoms with E-state index in [1.54, 1.807) is 12.4 Å².